The maximum atomic E-state index is 10.9. The van der Waals surface area contributed by atoms with Crippen LogP contribution in [0.5, 0.6) is 0 Å². The highest BCUT2D eigenvalue weighted by Gasteiger charge is 2.12. The molecule has 6 nitrogen and oxygen atoms in total. The highest BCUT2D eigenvalue weighted by Crippen LogP contribution is 1.94. The second-order valence-electron chi connectivity index (χ2n) is 2.08. The van der Waals surface area contributed by atoms with E-state index in [-0.39, 0.29) is 5.69 Å². The molecule has 0 radical (unpaired) electrons. The summed E-state index contributed by atoms with van der Waals surface area (Å²) < 4.78 is 27.3. The van der Waals surface area contributed by atoms with E-state index in [0.717, 1.165) is 18.9 Å². The van der Waals surface area contributed by atoms with Crippen LogP contribution >= 0.6 is 0 Å². The van der Waals surface area contributed by atoms with Crippen LogP contribution in [0, 0.1) is 0 Å². The van der Waals surface area contributed by atoms with E-state index in [2.05, 4.69) is 9.40 Å². The van der Waals surface area contributed by atoms with Crippen molar-refractivity contribution in [2.75, 3.05) is 6.26 Å². The van der Waals surface area contributed by atoms with E-state index in [1.54, 1.807) is 4.72 Å². The van der Waals surface area contributed by atoms with E-state index < -0.39 is 15.9 Å². The quantitative estimate of drug-likeness (QED) is 0.670. The lowest BCUT2D eigenvalue weighted by atomic mass is 10.5. The topological polar surface area (TPSA) is 89.3 Å². The maximum Gasteiger partial charge on any atom is 0.286 e. The smallest absolute Gasteiger partial charge is 0.286 e. The van der Waals surface area contributed by atoms with Gasteiger partial charge in [0.05, 0.1) is 6.26 Å². The van der Waals surface area contributed by atoms with Gasteiger partial charge in [0, 0.05) is 0 Å². The molecule has 0 fully saturated rings. The minimum absolute atomic E-state index is 0.0691. The van der Waals surface area contributed by atoms with Crippen LogP contribution in [-0.4, -0.2) is 25.6 Å². The van der Waals surface area contributed by atoms with Crippen molar-refractivity contribution < 1.29 is 17.6 Å². The zero-order chi connectivity index (χ0) is 9.19. The van der Waals surface area contributed by atoms with Crippen molar-refractivity contribution in [2.24, 2.45) is 0 Å². The van der Waals surface area contributed by atoms with Gasteiger partial charge in [-0.3, -0.25) is 4.79 Å². The van der Waals surface area contributed by atoms with Crippen molar-refractivity contribution in [3.05, 3.63) is 18.4 Å². The highest BCUT2D eigenvalue weighted by atomic mass is 32.2. The Balaban J connectivity index is 2.76. The van der Waals surface area contributed by atoms with Gasteiger partial charge in [0.15, 0.2) is 12.1 Å². The van der Waals surface area contributed by atoms with E-state index >= 15 is 0 Å². The summed E-state index contributed by atoms with van der Waals surface area (Å²) in [6.45, 7) is 0. The first-order valence-electron chi connectivity index (χ1n) is 2.89. The zero-order valence-electron chi connectivity index (χ0n) is 6.14. The molecular formula is C5H6N2O4S. The number of carbonyl (C=O) groups excluding carboxylic acids is 1. The fourth-order valence-corrected chi connectivity index (χ4v) is 0.987. The van der Waals surface area contributed by atoms with Gasteiger partial charge in [0.2, 0.25) is 10.0 Å². The number of rotatable bonds is 2. The molecule has 0 aromatic carbocycles. The zero-order valence-corrected chi connectivity index (χ0v) is 6.96. The number of amides is 1. The van der Waals surface area contributed by atoms with Gasteiger partial charge in [-0.15, -0.1) is 0 Å². The van der Waals surface area contributed by atoms with Crippen LogP contribution in [0.4, 0.5) is 0 Å². The average molecular weight is 190 g/mol. The fraction of sp³-hybridized carbons (Fsp3) is 0.200. The van der Waals surface area contributed by atoms with Crippen molar-refractivity contribution >= 4 is 15.9 Å². The summed E-state index contributed by atoms with van der Waals surface area (Å²) >= 11 is 0. The molecule has 1 N–H and O–H groups in total. The van der Waals surface area contributed by atoms with Crippen LogP contribution in [-0.2, 0) is 10.0 Å². The Labute approximate surface area is 68.6 Å². The van der Waals surface area contributed by atoms with Crippen LogP contribution < -0.4 is 4.72 Å². The van der Waals surface area contributed by atoms with Gasteiger partial charge in [0.1, 0.15) is 6.26 Å². The van der Waals surface area contributed by atoms with Gasteiger partial charge < -0.3 is 4.42 Å². The summed E-state index contributed by atoms with van der Waals surface area (Å²) in [6.07, 6.45) is 2.97. The van der Waals surface area contributed by atoms with Gasteiger partial charge in [-0.25, -0.2) is 18.1 Å². The molecule has 0 atom stereocenters. The van der Waals surface area contributed by atoms with E-state index in [9.17, 15) is 13.2 Å². The lowest BCUT2D eigenvalue weighted by molar-refractivity contribution is 0.0977. The molecule has 0 bridgehead atoms. The normalized spacial score (nSPS) is 11.1. The third-order valence-corrected chi connectivity index (χ3v) is 1.50. The molecular weight excluding hydrogens is 184 g/mol. The Bertz CT molecular complexity index is 366. The summed E-state index contributed by atoms with van der Waals surface area (Å²) in [5, 5.41) is 0. The second kappa shape index (κ2) is 2.94. The number of nitrogens with one attached hydrogen (secondary N) is 1. The minimum Gasteiger partial charge on any atom is -0.451 e. The number of nitrogens with zero attached hydrogens (tertiary/aromatic N) is 1. The molecule has 0 saturated heterocycles. The second-order valence-corrected chi connectivity index (χ2v) is 3.83. The largest absolute Gasteiger partial charge is 0.451 e. The third kappa shape index (κ3) is 2.35. The van der Waals surface area contributed by atoms with E-state index in [4.69, 9.17) is 0 Å². The standard InChI is InChI=1S/C5H6N2O4S/c1-12(9,10)7-5(8)4-2-11-3-6-4/h2-3H,1H3,(H,7,8). The summed E-state index contributed by atoms with van der Waals surface area (Å²) in [7, 11) is -3.53. The van der Waals surface area contributed by atoms with Crippen molar-refractivity contribution in [3.63, 3.8) is 0 Å². The average Bonchev–Trinajstić information content (AvgIpc) is 2.32. The van der Waals surface area contributed by atoms with Crippen LogP contribution in [0.1, 0.15) is 10.5 Å². The van der Waals surface area contributed by atoms with Gasteiger partial charge in [-0.1, -0.05) is 0 Å². The summed E-state index contributed by atoms with van der Waals surface area (Å²) in [6, 6.07) is 0. The Morgan fingerprint density at radius 1 is 1.67 bits per heavy atom. The molecule has 1 aromatic rings. The number of aromatic nitrogens is 1. The molecule has 66 valence electrons. The first-order chi connectivity index (χ1) is 5.49. The van der Waals surface area contributed by atoms with E-state index in [1.165, 1.54) is 0 Å². The Hall–Kier alpha value is -1.37. The maximum absolute atomic E-state index is 10.9. The Morgan fingerprint density at radius 3 is 2.75 bits per heavy atom. The molecule has 7 heteroatoms. The molecule has 0 unspecified atom stereocenters. The monoisotopic (exact) mass is 190 g/mol. The number of hydrogen-bond donors (Lipinski definition) is 1. The predicted octanol–water partition coefficient (Wildman–Crippen LogP) is -0.636. The Kier molecular flexibility index (Phi) is 2.13. The van der Waals surface area contributed by atoms with E-state index in [0.29, 0.717) is 0 Å². The number of carbonyl (C=O) groups is 1. The molecule has 0 aliphatic heterocycles. The summed E-state index contributed by atoms with van der Waals surface area (Å²) in [5.74, 6) is -0.800. The van der Waals surface area contributed by atoms with Gasteiger partial charge in [-0.2, -0.15) is 0 Å². The molecule has 1 amide bonds. The van der Waals surface area contributed by atoms with Crippen molar-refractivity contribution in [2.45, 2.75) is 0 Å². The van der Waals surface area contributed by atoms with Crippen molar-refractivity contribution in [1.29, 1.82) is 0 Å². The first kappa shape index (κ1) is 8.72. The van der Waals surface area contributed by atoms with Gasteiger partial charge in [-0.05, 0) is 0 Å². The summed E-state index contributed by atoms with van der Waals surface area (Å²) in [5.41, 5.74) is -0.0691. The van der Waals surface area contributed by atoms with Crippen molar-refractivity contribution in [1.82, 2.24) is 9.71 Å². The molecule has 0 aliphatic carbocycles. The number of sulfonamides is 1. The van der Waals surface area contributed by atoms with Crippen molar-refractivity contribution in [3.8, 4) is 0 Å². The number of hydrogen-bond acceptors (Lipinski definition) is 5. The predicted molar refractivity (Wildman–Crippen MR) is 38.8 cm³/mol. The van der Waals surface area contributed by atoms with Gasteiger partial charge in [0.25, 0.3) is 5.91 Å². The summed E-state index contributed by atoms with van der Waals surface area (Å²) in [4.78, 5) is 14.4. The number of oxazole rings is 1. The molecule has 1 aromatic heterocycles. The SMILES string of the molecule is CS(=O)(=O)NC(=O)c1cocn1. The molecule has 0 aliphatic rings. The molecule has 0 spiro atoms. The highest BCUT2D eigenvalue weighted by molar-refractivity contribution is 7.89. The van der Waals surface area contributed by atoms with Gasteiger partial charge >= 0.3 is 0 Å². The molecule has 0 saturated carbocycles. The fourth-order valence-electron chi connectivity index (χ4n) is 0.545. The molecule has 12 heavy (non-hydrogen) atoms. The van der Waals surface area contributed by atoms with Crippen LogP contribution in [0.25, 0.3) is 0 Å². The van der Waals surface area contributed by atoms with E-state index in [1.807, 2.05) is 0 Å². The third-order valence-electron chi connectivity index (χ3n) is 0.943. The van der Waals surface area contributed by atoms with Crippen LogP contribution in [0.3, 0.4) is 0 Å². The van der Waals surface area contributed by atoms with Crippen LogP contribution in [0.15, 0.2) is 17.1 Å². The van der Waals surface area contributed by atoms with Crippen LogP contribution in [0.2, 0.25) is 0 Å². The Morgan fingerprint density at radius 2 is 2.33 bits per heavy atom. The first-order valence-corrected chi connectivity index (χ1v) is 4.78. The lowest BCUT2D eigenvalue weighted by Gasteiger charge is -1.96. The molecule has 1 heterocycles. The minimum atomic E-state index is -3.53. The lowest BCUT2D eigenvalue weighted by Crippen LogP contribution is -2.29. The molecule has 1 rings (SSSR count).